The Morgan fingerprint density at radius 2 is 1.77 bits per heavy atom. The molecule has 4 rings (SSSR count). The summed E-state index contributed by atoms with van der Waals surface area (Å²) in [7, 11) is -3.53. The number of rotatable bonds is 4. The summed E-state index contributed by atoms with van der Waals surface area (Å²) in [5, 5.41) is 11.1. The van der Waals surface area contributed by atoms with Gasteiger partial charge in [0.1, 0.15) is 0 Å². The third kappa shape index (κ3) is 3.59. The van der Waals surface area contributed by atoms with Crippen LogP contribution in [0.15, 0.2) is 41.3 Å². The standard InChI is InChI=1S/C21H23N3O5S/c1-15-6-7-17(24(26)27)14-19(15)21(25)23-12-4-5-16-13-18(8-9-20(16)23)30(28,29)22-10-2-3-11-22/h6-9,13-14H,2-5,10-12H2,1H3. The summed E-state index contributed by atoms with van der Waals surface area (Å²) < 4.78 is 27.3. The molecule has 158 valence electrons. The fraction of sp³-hybridized carbons (Fsp3) is 0.381. The van der Waals surface area contributed by atoms with Gasteiger partial charge in [-0.1, -0.05) is 6.07 Å². The molecule has 2 aliphatic rings. The Labute approximate surface area is 175 Å². The van der Waals surface area contributed by atoms with E-state index in [2.05, 4.69) is 0 Å². The van der Waals surface area contributed by atoms with Crippen molar-refractivity contribution in [1.29, 1.82) is 0 Å². The summed E-state index contributed by atoms with van der Waals surface area (Å²) >= 11 is 0. The highest BCUT2D eigenvalue weighted by Crippen LogP contribution is 2.33. The van der Waals surface area contributed by atoms with E-state index in [9.17, 15) is 23.3 Å². The number of amides is 1. The van der Waals surface area contributed by atoms with E-state index in [1.807, 2.05) is 0 Å². The summed E-state index contributed by atoms with van der Waals surface area (Å²) in [4.78, 5) is 25.7. The SMILES string of the molecule is Cc1ccc([N+](=O)[O-])cc1C(=O)N1CCCc2cc(S(=O)(=O)N3CCCC3)ccc21. The van der Waals surface area contributed by atoms with E-state index < -0.39 is 14.9 Å². The Bertz CT molecular complexity index is 1120. The minimum atomic E-state index is -3.53. The molecule has 0 spiro atoms. The molecule has 2 aliphatic heterocycles. The summed E-state index contributed by atoms with van der Waals surface area (Å²) in [6.07, 6.45) is 3.11. The average molecular weight is 429 g/mol. The van der Waals surface area contributed by atoms with Crippen molar-refractivity contribution in [3.8, 4) is 0 Å². The third-order valence-electron chi connectivity index (χ3n) is 5.78. The molecular weight excluding hydrogens is 406 g/mol. The lowest BCUT2D eigenvalue weighted by molar-refractivity contribution is -0.384. The highest BCUT2D eigenvalue weighted by Gasteiger charge is 2.30. The van der Waals surface area contributed by atoms with Gasteiger partial charge in [0, 0.05) is 43.0 Å². The van der Waals surface area contributed by atoms with Crippen LogP contribution in [0.2, 0.25) is 0 Å². The lowest BCUT2D eigenvalue weighted by atomic mass is 9.99. The first-order valence-corrected chi connectivity index (χ1v) is 11.4. The quantitative estimate of drug-likeness (QED) is 0.548. The fourth-order valence-electron chi connectivity index (χ4n) is 4.12. The van der Waals surface area contributed by atoms with Gasteiger partial charge in [-0.05, 0) is 61.9 Å². The maximum Gasteiger partial charge on any atom is 0.270 e. The van der Waals surface area contributed by atoms with Crippen molar-refractivity contribution in [2.24, 2.45) is 0 Å². The zero-order valence-corrected chi connectivity index (χ0v) is 17.5. The first kappa shape index (κ1) is 20.5. The number of nitro groups is 1. The molecule has 0 atom stereocenters. The molecule has 0 saturated carbocycles. The second-order valence-electron chi connectivity index (χ2n) is 7.72. The lowest BCUT2D eigenvalue weighted by Crippen LogP contribution is -2.36. The van der Waals surface area contributed by atoms with Crippen LogP contribution in [0.1, 0.15) is 40.7 Å². The predicted molar refractivity (Wildman–Crippen MR) is 112 cm³/mol. The number of aryl methyl sites for hydroxylation is 2. The first-order chi connectivity index (χ1) is 14.3. The Morgan fingerprint density at radius 3 is 2.47 bits per heavy atom. The summed E-state index contributed by atoms with van der Waals surface area (Å²) in [5.74, 6) is -0.313. The van der Waals surface area contributed by atoms with Gasteiger partial charge in [0.25, 0.3) is 11.6 Å². The van der Waals surface area contributed by atoms with E-state index in [1.165, 1.54) is 16.4 Å². The second-order valence-corrected chi connectivity index (χ2v) is 9.66. The van der Waals surface area contributed by atoms with Crippen molar-refractivity contribution in [3.05, 3.63) is 63.2 Å². The highest BCUT2D eigenvalue weighted by atomic mass is 32.2. The zero-order chi connectivity index (χ0) is 21.5. The van der Waals surface area contributed by atoms with Crippen LogP contribution in [0.3, 0.4) is 0 Å². The Morgan fingerprint density at radius 1 is 1.03 bits per heavy atom. The maximum absolute atomic E-state index is 13.2. The predicted octanol–water partition coefficient (Wildman–Crippen LogP) is 3.28. The minimum absolute atomic E-state index is 0.131. The van der Waals surface area contributed by atoms with Crippen LogP contribution in [-0.2, 0) is 16.4 Å². The molecule has 2 aromatic carbocycles. The number of sulfonamides is 1. The molecule has 0 aliphatic carbocycles. The molecule has 2 heterocycles. The molecule has 30 heavy (non-hydrogen) atoms. The van der Waals surface area contributed by atoms with Gasteiger partial charge in [-0.25, -0.2) is 8.42 Å². The van der Waals surface area contributed by atoms with E-state index in [0.29, 0.717) is 43.7 Å². The highest BCUT2D eigenvalue weighted by molar-refractivity contribution is 7.89. The fourth-order valence-corrected chi connectivity index (χ4v) is 5.69. The zero-order valence-electron chi connectivity index (χ0n) is 16.7. The smallest absolute Gasteiger partial charge is 0.270 e. The molecule has 1 amide bonds. The molecule has 0 N–H and O–H groups in total. The van der Waals surface area contributed by atoms with Crippen molar-refractivity contribution in [1.82, 2.24) is 4.31 Å². The van der Waals surface area contributed by atoms with Crippen LogP contribution < -0.4 is 4.90 Å². The van der Waals surface area contributed by atoms with E-state index >= 15 is 0 Å². The molecule has 8 nitrogen and oxygen atoms in total. The molecule has 0 bridgehead atoms. The number of hydrogen-bond acceptors (Lipinski definition) is 5. The average Bonchev–Trinajstić information content (AvgIpc) is 3.28. The number of fused-ring (bicyclic) bond motifs is 1. The van der Waals surface area contributed by atoms with E-state index in [4.69, 9.17) is 0 Å². The van der Waals surface area contributed by atoms with Crippen LogP contribution in [0, 0.1) is 17.0 Å². The number of non-ortho nitro benzene ring substituents is 1. The van der Waals surface area contributed by atoms with Crippen LogP contribution in [-0.4, -0.2) is 43.2 Å². The van der Waals surface area contributed by atoms with Gasteiger partial charge in [0.15, 0.2) is 0 Å². The number of nitrogens with zero attached hydrogens (tertiary/aromatic N) is 3. The van der Waals surface area contributed by atoms with Gasteiger partial charge in [-0.3, -0.25) is 14.9 Å². The number of hydrogen-bond donors (Lipinski definition) is 0. The van der Waals surface area contributed by atoms with Crippen molar-refractivity contribution < 1.29 is 18.1 Å². The number of carbonyl (C=O) groups excluding carboxylic acids is 1. The molecule has 9 heteroatoms. The van der Waals surface area contributed by atoms with Gasteiger partial charge >= 0.3 is 0 Å². The summed E-state index contributed by atoms with van der Waals surface area (Å²) in [5.41, 5.74) is 2.28. The van der Waals surface area contributed by atoms with Gasteiger partial charge in [0.05, 0.1) is 9.82 Å². The van der Waals surface area contributed by atoms with Crippen molar-refractivity contribution in [2.75, 3.05) is 24.5 Å². The molecule has 0 aromatic heterocycles. The topological polar surface area (TPSA) is 101 Å². The molecule has 0 radical (unpaired) electrons. The van der Waals surface area contributed by atoms with Crippen LogP contribution >= 0.6 is 0 Å². The first-order valence-electron chi connectivity index (χ1n) is 9.99. The van der Waals surface area contributed by atoms with Crippen LogP contribution in [0.5, 0.6) is 0 Å². The molecule has 0 unspecified atom stereocenters. The van der Waals surface area contributed by atoms with Gasteiger partial charge < -0.3 is 4.90 Å². The third-order valence-corrected chi connectivity index (χ3v) is 7.67. The summed E-state index contributed by atoms with van der Waals surface area (Å²) in [6.45, 7) is 3.30. The molecule has 2 aromatic rings. The number of nitro benzene ring substituents is 1. The van der Waals surface area contributed by atoms with E-state index in [-0.39, 0.29) is 22.1 Å². The normalized spacial score (nSPS) is 17.0. The Hall–Kier alpha value is -2.78. The van der Waals surface area contributed by atoms with Gasteiger partial charge in [0.2, 0.25) is 10.0 Å². The maximum atomic E-state index is 13.2. The molecule has 1 saturated heterocycles. The van der Waals surface area contributed by atoms with E-state index in [0.717, 1.165) is 18.4 Å². The van der Waals surface area contributed by atoms with Crippen LogP contribution in [0.4, 0.5) is 11.4 Å². The summed E-state index contributed by atoms with van der Waals surface area (Å²) in [6, 6.07) is 9.16. The van der Waals surface area contributed by atoms with Crippen molar-refractivity contribution in [3.63, 3.8) is 0 Å². The van der Waals surface area contributed by atoms with E-state index in [1.54, 1.807) is 36.1 Å². The number of carbonyl (C=O) groups is 1. The lowest BCUT2D eigenvalue weighted by Gasteiger charge is -2.30. The second kappa shape index (κ2) is 7.81. The molecule has 1 fully saturated rings. The number of benzene rings is 2. The van der Waals surface area contributed by atoms with Gasteiger partial charge in [-0.2, -0.15) is 4.31 Å². The van der Waals surface area contributed by atoms with Gasteiger partial charge in [-0.15, -0.1) is 0 Å². The van der Waals surface area contributed by atoms with Crippen LogP contribution in [0.25, 0.3) is 0 Å². The van der Waals surface area contributed by atoms with Crippen molar-refractivity contribution >= 4 is 27.3 Å². The van der Waals surface area contributed by atoms with Crippen molar-refractivity contribution in [2.45, 2.75) is 37.5 Å². The molecular formula is C21H23N3O5S. The monoisotopic (exact) mass is 429 g/mol. The Balaban J connectivity index is 1.69. The largest absolute Gasteiger partial charge is 0.308 e. The number of anilines is 1. The Kier molecular flexibility index (Phi) is 5.33. The minimum Gasteiger partial charge on any atom is -0.308 e.